The van der Waals surface area contributed by atoms with Crippen LogP contribution >= 0.6 is 0 Å². The molecular weight excluding hydrogens is 358 g/mol. The second kappa shape index (κ2) is 6.04. The first kappa shape index (κ1) is 16.9. The van der Waals surface area contributed by atoms with Crippen LogP contribution < -0.4 is 11.1 Å². The van der Waals surface area contributed by atoms with E-state index < -0.39 is 13.0 Å². The van der Waals surface area contributed by atoms with Gasteiger partial charge in [-0.05, 0) is 19.1 Å². The fraction of sp³-hybridized carbons (Fsp3) is 0.250. The van der Waals surface area contributed by atoms with E-state index in [0.29, 0.717) is 39.6 Å². The van der Waals surface area contributed by atoms with Crippen LogP contribution in [0.3, 0.4) is 0 Å². The summed E-state index contributed by atoms with van der Waals surface area (Å²) < 4.78 is 28.5. The number of alkyl halides is 2. The highest BCUT2D eigenvalue weighted by atomic mass is 19.3. The van der Waals surface area contributed by atoms with Crippen LogP contribution in [0.4, 0.5) is 20.5 Å². The van der Waals surface area contributed by atoms with Gasteiger partial charge in [-0.15, -0.1) is 5.10 Å². The van der Waals surface area contributed by atoms with E-state index in [4.69, 9.17) is 5.73 Å². The third-order valence-electron chi connectivity index (χ3n) is 4.23. The summed E-state index contributed by atoms with van der Waals surface area (Å²) in [5.74, 6) is 0.687. The first-order chi connectivity index (χ1) is 12.9. The molecule has 0 fully saturated rings. The molecule has 0 atom stereocenters. The van der Waals surface area contributed by atoms with E-state index >= 15 is 0 Å². The van der Waals surface area contributed by atoms with Crippen LogP contribution in [0.1, 0.15) is 5.82 Å². The van der Waals surface area contributed by atoms with Gasteiger partial charge in [-0.2, -0.15) is 9.50 Å². The van der Waals surface area contributed by atoms with Gasteiger partial charge in [0.15, 0.2) is 11.5 Å². The number of aromatic nitrogens is 6. The van der Waals surface area contributed by atoms with Gasteiger partial charge >= 0.3 is 0 Å². The largest absolute Gasteiger partial charge is 0.493 e. The summed E-state index contributed by atoms with van der Waals surface area (Å²) in [7, 11) is 1.66. The maximum Gasteiger partial charge on any atom is 0.256 e. The molecule has 0 saturated heterocycles. The average Bonchev–Trinajstić information content (AvgIpc) is 3.11. The van der Waals surface area contributed by atoms with Crippen molar-refractivity contribution < 1.29 is 13.9 Å². The van der Waals surface area contributed by atoms with Crippen molar-refractivity contribution in [3.63, 3.8) is 0 Å². The van der Waals surface area contributed by atoms with Crippen molar-refractivity contribution in [1.29, 1.82) is 0 Å². The Bertz CT molecular complexity index is 1170. The molecule has 0 radical (unpaired) electrons. The maximum atomic E-state index is 12.9. The van der Waals surface area contributed by atoms with Gasteiger partial charge in [-0.3, -0.25) is 0 Å². The van der Waals surface area contributed by atoms with E-state index in [-0.39, 0.29) is 11.8 Å². The minimum Gasteiger partial charge on any atom is -0.493 e. The van der Waals surface area contributed by atoms with E-state index in [1.165, 1.54) is 15.1 Å². The zero-order chi connectivity index (χ0) is 19.3. The standard InChI is InChI=1S/C16H16F2N8O/c1-7-21-10-4-3-9(22-15(10)25(7)6-11(17)18)8-5-12(27)26-13(8)14(20-2)23-16(19)24-26/h3-5,11,27H,6H2,1-2H3,(H3,19,20,23,24). The first-order valence-electron chi connectivity index (χ1n) is 8.07. The fourth-order valence-electron chi connectivity index (χ4n) is 3.10. The number of nitrogen functional groups attached to an aromatic ring is 1. The fourth-order valence-corrected chi connectivity index (χ4v) is 3.10. The molecule has 0 aliphatic rings. The Morgan fingerprint density at radius 1 is 1.26 bits per heavy atom. The number of hydrogen-bond donors (Lipinski definition) is 3. The van der Waals surface area contributed by atoms with Crippen LogP contribution in [-0.2, 0) is 6.54 Å². The van der Waals surface area contributed by atoms with E-state index in [1.54, 1.807) is 26.1 Å². The minimum atomic E-state index is -2.53. The lowest BCUT2D eigenvalue weighted by atomic mass is 10.2. The Hall–Kier alpha value is -3.50. The highest BCUT2D eigenvalue weighted by Crippen LogP contribution is 2.34. The molecule has 9 nitrogen and oxygen atoms in total. The lowest BCUT2D eigenvalue weighted by Crippen LogP contribution is -2.09. The SMILES string of the molecule is CNc1nc(N)nn2c(O)cc(-c3ccc4nc(C)n(CC(F)F)c4n3)c12. The number of halogens is 2. The molecule has 0 aromatic carbocycles. The summed E-state index contributed by atoms with van der Waals surface area (Å²) in [5, 5.41) is 17.1. The number of aromatic hydroxyl groups is 1. The molecule has 0 spiro atoms. The van der Waals surface area contributed by atoms with Crippen LogP contribution in [0.5, 0.6) is 5.88 Å². The summed E-state index contributed by atoms with van der Waals surface area (Å²) in [5.41, 5.74) is 7.97. The van der Waals surface area contributed by atoms with Gasteiger partial charge in [0, 0.05) is 18.7 Å². The highest BCUT2D eigenvalue weighted by Gasteiger charge is 2.20. The van der Waals surface area contributed by atoms with Gasteiger partial charge in [0.05, 0.1) is 12.2 Å². The van der Waals surface area contributed by atoms with Crippen LogP contribution in [0.25, 0.3) is 27.9 Å². The van der Waals surface area contributed by atoms with E-state index in [1.807, 2.05) is 0 Å². The van der Waals surface area contributed by atoms with Gasteiger partial charge in [-0.25, -0.2) is 18.7 Å². The summed E-state index contributed by atoms with van der Waals surface area (Å²) in [6, 6.07) is 4.87. The summed E-state index contributed by atoms with van der Waals surface area (Å²) >= 11 is 0. The number of imidazole rings is 1. The summed E-state index contributed by atoms with van der Waals surface area (Å²) in [6.07, 6.45) is -2.53. The monoisotopic (exact) mass is 374 g/mol. The van der Waals surface area contributed by atoms with E-state index in [9.17, 15) is 13.9 Å². The van der Waals surface area contributed by atoms with Crippen molar-refractivity contribution in [3.8, 4) is 17.1 Å². The van der Waals surface area contributed by atoms with Gasteiger partial charge in [-0.1, -0.05) is 0 Å². The van der Waals surface area contributed by atoms with Crippen LogP contribution in [0.2, 0.25) is 0 Å². The van der Waals surface area contributed by atoms with Crippen LogP contribution in [-0.4, -0.2) is 47.7 Å². The lowest BCUT2D eigenvalue weighted by molar-refractivity contribution is 0.127. The van der Waals surface area contributed by atoms with Crippen molar-refractivity contribution in [2.24, 2.45) is 0 Å². The molecule has 4 rings (SSSR count). The Morgan fingerprint density at radius 2 is 2.04 bits per heavy atom. The molecule has 4 heterocycles. The number of rotatable bonds is 4. The molecule has 0 unspecified atom stereocenters. The van der Waals surface area contributed by atoms with Crippen LogP contribution in [0.15, 0.2) is 18.2 Å². The van der Waals surface area contributed by atoms with Crippen molar-refractivity contribution in [1.82, 2.24) is 29.1 Å². The summed E-state index contributed by atoms with van der Waals surface area (Å²) in [4.78, 5) is 12.9. The molecule has 11 heteroatoms. The van der Waals surface area contributed by atoms with E-state index in [2.05, 4.69) is 25.4 Å². The molecule has 4 N–H and O–H groups in total. The Labute approximate surface area is 151 Å². The van der Waals surface area contributed by atoms with Gasteiger partial charge in [0.1, 0.15) is 16.9 Å². The minimum absolute atomic E-state index is 0.0154. The molecule has 0 saturated carbocycles. The summed E-state index contributed by atoms with van der Waals surface area (Å²) in [6.45, 7) is 1.15. The zero-order valence-electron chi connectivity index (χ0n) is 14.5. The third-order valence-corrected chi connectivity index (χ3v) is 4.23. The predicted molar refractivity (Wildman–Crippen MR) is 95.9 cm³/mol. The van der Waals surface area contributed by atoms with Crippen molar-refractivity contribution in [2.75, 3.05) is 18.1 Å². The Morgan fingerprint density at radius 3 is 2.74 bits per heavy atom. The van der Waals surface area contributed by atoms with E-state index in [0.717, 1.165) is 0 Å². The number of fused-ring (bicyclic) bond motifs is 2. The van der Waals surface area contributed by atoms with Crippen molar-refractivity contribution in [2.45, 2.75) is 19.9 Å². The quantitative estimate of drug-likeness (QED) is 0.500. The zero-order valence-corrected chi connectivity index (χ0v) is 14.5. The molecule has 0 aliphatic carbocycles. The lowest BCUT2D eigenvalue weighted by Gasteiger charge is -2.08. The molecule has 0 aliphatic heterocycles. The normalized spacial score (nSPS) is 11.7. The number of hydrogen-bond acceptors (Lipinski definition) is 7. The maximum absolute atomic E-state index is 12.9. The molecule has 4 aromatic heterocycles. The smallest absolute Gasteiger partial charge is 0.256 e. The molecule has 0 amide bonds. The third kappa shape index (κ3) is 2.67. The number of pyridine rings is 1. The van der Waals surface area contributed by atoms with Gasteiger partial charge in [0.25, 0.3) is 6.43 Å². The highest BCUT2D eigenvalue weighted by molar-refractivity contribution is 5.90. The molecular formula is C16H16F2N8O. The van der Waals surface area contributed by atoms with Gasteiger partial charge in [0.2, 0.25) is 11.8 Å². The number of nitrogens with zero attached hydrogens (tertiary/aromatic N) is 6. The number of nitrogens with two attached hydrogens (primary N) is 1. The topological polar surface area (TPSA) is 119 Å². The Balaban J connectivity index is 1.97. The predicted octanol–water partition coefficient (Wildman–Crippen LogP) is 2.04. The molecule has 27 heavy (non-hydrogen) atoms. The Kier molecular flexibility index (Phi) is 3.79. The number of anilines is 2. The molecule has 4 aromatic rings. The van der Waals surface area contributed by atoms with Gasteiger partial charge < -0.3 is 20.7 Å². The van der Waals surface area contributed by atoms with Crippen molar-refractivity contribution >= 4 is 28.4 Å². The number of nitrogens with one attached hydrogen (secondary N) is 1. The first-order valence-corrected chi connectivity index (χ1v) is 8.07. The number of aryl methyl sites for hydroxylation is 1. The molecule has 140 valence electrons. The second-order valence-corrected chi connectivity index (χ2v) is 5.95. The average molecular weight is 374 g/mol. The second-order valence-electron chi connectivity index (χ2n) is 5.95. The molecule has 0 bridgehead atoms. The van der Waals surface area contributed by atoms with Crippen LogP contribution in [0, 0.1) is 6.92 Å². The van der Waals surface area contributed by atoms with Crippen molar-refractivity contribution in [3.05, 3.63) is 24.0 Å².